The molecule has 0 aromatic carbocycles. The molecule has 0 fully saturated rings. The van der Waals surface area contributed by atoms with Crippen molar-refractivity contribution in [1.29, 1.82) is 0 Å². The number of nitrogens with one attached hydrogen (secondary N) is 4. The highest BCUT2D eigenvalue weighted by molar-refractivity contribution is 5.88. The molecule has 2 aliphatic rings. The SMILES string of the molecule is CCNC(=O)C(C)(C)Nc1nc(C2=CNC3NC=CC=C23)ncc1F. The van der Waals surface area contributed by atoms with Crippen molar-refractivity contribution in [2.75, 3.05) is 11.9 Å². The summed E-state index contributed by atoms with van der Waals surface area (Å²) >= 11 is 0. The Bertz CT molecular complexity index is 783. The third-order valence-electron chi connectivity index (χ3n) is 3.97. The standard InChI is InChI=1S/C17H21FN6O/c1-4-19-16(25)17(2,3)24-15-12(18)9-22-14(23-15)11-8-21-13-10(11)6-5-7-20-13/h5-9,13,20-21H,4H2,1-3H3,(H,19,25)(H,22,23,24). The number of carbonyl (C=O) groups is 1. The number of nitrogens with zero attached hydrogens (tertiary/aromatic N) is 2. The summed E-state index contributed by atoms with van der Waals surface area (Å²) in [7, 11) is 0. The Morgan fingerprint density at radius 1 is 1.40 bits per heavy atom. The first-order chi connectivity index (χ1) is 11.9. The van der Waals surface area contributed by atoms with Gasteiger partial charge < -0.3 is 21.3 Å². The van der Waals surface area contributed by atoms with E-state index in [-0.39, 0.29) is 17.9 Å². The zero-order chi connectivity index (χ0) is 18.0. The van der Waals surface area contributed by atoms with E-state index in [4.69, 9.17) is 0 Å². The van der Waals surface area contributed by atoms with Gasteiger partial charge in [0.25, 0.3) is 0 Å². The van der Waals surface area contributed by atoms with Crippen LogP contribution in [0.3, 0.4) is 0 Å². The minimum atomic E-state index is -1.01. The van der Waals surface area contributed by atoms with E-state index < -0.39 is 11.4 Å². The summed E-state index contributed by atoms with van der Waals surface area (Å²) in [6.45, 7) is 5.66. The van der Waals surface area contributed by atoms with Gasteiger partial charge in [-0.05, 0) is 33.0 Å². The topological polar surface area (TPSA) is 91.0 Å². The number of hydrogen-bond donors (Lipinski definition) is 4. The first kappa shape index (κ1) is 16.9. The summed E-state index contributed by atoms with van der Waals surface area (Å²) < 4.78 is 14.2. The maximum absolute atomic E-state index is 14.2. The molecule has 1 unspecified atom stereocenters. The van der Waals surface area contributed by atoms with E-state index in [1.807, 2.05) is 25.3 Å². The van der Waals surface area contributed by atoms with Crippen molar-refractivity contribution >= 4 is 17.3 Å². The van der Waals surface area contributed by atoms with Crippen molar-refractivity contribution in [2.24, 2.45) is 0 Å². The smallest absolute Gasteiger partial charge is 0.245 e. The molecule has 0 spiro atoms. The van der Waals surface area contributed by atoms with Crippen LogP contribution in [0.2, 0.25) is 0 Å². The van der Waals surface area contributed by atoms with E-state index in [1.54, 1.807) is 20.0 Å². The van der Waals surface area contributed by atoms with Crippen LogP contribution in [0.25, 0.3) is 5.57 Å². The quantitative estimate of drug-likeness (QED) is 0.643. The molecule has 25 heavy (non-hydrogen) atoms. The second-order valence-electron chi connectivity index (χ2n) is 6.31. The number of rotatable bonds is 5. The molecule has 0 bridgehead atoms. The van der Waals surface area contributed by atoms with E-state index >= 15 is 0 Å². The molecule has 2 aliphatic heterocycles. The molecular weight excluding hydrogens is 323 g/mol. The van der Waals surface area contributed by atoms with Crippen molar-refractivity contribution in [3.63, 3.8) is 0 Å². The number of aromatic nitrogens is 2. The number of anilines is 1. The van der Waals surface area contributed by atoms with Gasteiger partial charge in [0.05, 0.1) is 6.20 Å². The fourth-order valence-corrected chi connectivity index (χ4v) is 2.64. The Labute approximate surface area is 145 Å². The van der Waals surface area contributed by atoms with Crippen molar-refractivity contribution in [3.8, 4) is 0 Å². The van der Waals surface area contributed by atoms with Crippen molar-refractivity contribution in [1.82, 2.24) is 25.9 Å². The zero-order valence-electron chi connectivity index (χ0n) is 14.4. The van der Waals surface area contributed by atoms with Crippen molar-refractivity contribution in [3.05, 3.63) is 48.0 Å². The third kappa shape index (κ3) is 3.33. The van der Waals surface area contributed by atoms with E-state index in [2.05, 4.69) is 31.2 Å². The summed E-state index contributed by atoms with van der Waals surface area (Å²) in [5.74, 6) is -0.472. The molecule has 8 heteroatoms. The number of fused-ring (bicyclic) bond motifs is 1. The number of allylic oxidation sites excluding steroid dienone is 2. The minimum Gasteiger partial charge on any atom is -0.368 e. The van der Waals surface area contributed by atoms with Crippen molar-refractivity contribution < 1.29 is 9.18 Å². The minimum absolute atomic E-state index is 0.00878. The first-order valence-electron chi connectivity index (χ1n) is 8.11. The number of dihydropyridines is 1. The van der Waals surface area contributed by atoms with Gasteiger partial charge >= 0.3 is 0 Å². The van der Waals surface area contributed by atoms with Crippen LogP contribution in [0.1, 0.15) is 26.6 Å². The summed E-state index contributed by atoms with van der Waals surface area (Å²) in [5.41, 5.74) is 0.741. The Hall–Kier alpha value is -2.90. The third-order valence-corrected chi connectivity index (χ3v) is 3.97. The van der Waals surface area contributed by atoms with E-state index in [9.17, 15) is 9.18 Å². The lowest BCUT2D eigenvalue weighted by molar-refractivity contribution is -0.124. The highest BCUT2D eigenvalue weighted by Crippen LogP contribution is 2.29. The number of carbonyl (C=O) groups excluding carboxylic acids is 1. The fraction of sp³-hybridized carbons (Fsp3) is 0.353. The molecule has 1 amide bonds. The van der Waals surface area contributed by atoms with Crippen LogP contribution in [0, 0.1) is 5.82 Å². The Morgan fingerprint density at radius 3 is 2.96 bits per heavy atom. The maximum atomic E-state index is 14.2. The molecule has 1 aromatic heterocycles. The Morgan fingerprint density at radius 2 is 2.20 bits per heavy atom. The van der Waals surface area contributed by atoms with Crippen LogP contribution < -0.4 is 21.3 Å². The van der Waals surface area contributed by atoms with Gasteiger partial charge in [0, 0.05) is 23.9 Å². The Kier molecular flexibility index (Phi) is 4.43. The second-order valence-corrected chi connectivity index (χ2v) is 6.31. The van der Waals surface area contributed by atoms with Gasteiger partial charge in [0.2, 0.25) is 5.91 Å². The lowest BCUT2D eigenvalue weighted by atomic mass is 10.0. The largest absolute Gasteiger partial charge is 0.368 e. The number of hydrogen-bond acceptors (Lipinski definition) is 6. The molecule has 0 saturated heterocycles. The summed E-state index contributed by atoms with van der Waals surface area (Å²) in [6, 6.07) is 0. The highest BCUT2D eigenvalue weighted by atomic mass is 19.1. The lowest BCUT2D eigenvalue weighted by Gasteiger charge is -2.25. The molecular formula is C17H21FN6O. The molecule has 4 N–H and O–H groups in total. The normalized spacial score (nSPS) is 18.5. The second kappa shape index (κ2) is 6.54. The van der Waals surface area contributed by atoms with Gasteiger partial charge in [0.1, 0.15) is 11.7 Å². The molecule has 0 saturated carbocycles. The fourth-order valence-electron chi connectivity index (χ4n) is 2.64. The van der Waals surface area contributed by atoms with Crippen LogP contribution >= 0.6 is 0 Å². The molecule has 3 heterocycles. The summed E-state index contributed by atoms with van der Waals surface area (Å²) in [4.78, 5) is 20.5. The van der Waals surface area contributed by atoms with Gasteiger partial charge in [-0.2, -0.15) is 0 Å². The van der Waals surface area contributed by atoms with Crippen LogP contribution in [-0.4, -0.2) is 34.1 Å². The van der Waals surface area contributed by atoms with Crippen molar-refractivity contribution in [2.45, 2.75) is 32.5 Å². The lowest BCUT2D eigenvalue weighted by Crippen LogP contribution is -2.48. The molecule has 0 radical (unpaired) electrons. The summed E-state index contributed by atoms with van der Waals surface area (Å²) in [5, 5.41) is 11.9. The monoisotopic (exact) mass is 344 g/mol. The van der Waals surface area contributed by atoms with Gasteiger partial charge in [-0.1, -0.05) is 6.08 Å². The molecule has 1 atom stereocenters. The molecule has 1 aromatic rings. The number of amides is 1. The number of halogens is 1. The molecule has 3 rings (SSSR count). The van der Waals surface area contributed by atoms with Gasteiger partial charge in [-0.25, -0.2) is 14.4 Å². The van der Waals surface area contributed by atoms with Gasteiger partial charge in [-0.3, -0.25) is 4.79 Å². The van der Waals surface area contributed by atoms with E-state index in [1.165, 1.54) is 0 Å². The molecule has 132 valence electrons. The van der Waals surface area contributed by atoms with Gasteiger partial charge in [-0.15, -0.1) is 0 Å². The maximum Gasteiger partial charge on any atom is 0.245 e. The van der Waals surface area contributed by atoms with Crippen LogP contribution in [0.5, 0.6) is 0 Å². The van der Waals surface area contributed by atoms with E-state index in [0.29, 0.717) is 12.4 Å². The average Bonchev–Trinajstić information content (AvgIpc) is 3.01. The summed E-state index contributed by atoms with van der Waals surface area (Å²) in [6.07, 6.45) is 8.53. The predicted octanol–water partition coefficient (Wildman–Crippen LogP) is 1.26. The first-order valence-corrected chi connectivity index (χ1v) is 8.11. The highest BCUT2D eigenvalue weighted by Gasteiger charge is 2.30. The predicted molar refractivity (Wildman–Crippen MR) is 93.6 cm³/mol. The van der Waals surface area contributed by atoms with Crippen LogP contribution in [0.15, 0.2) is 36.3 Å². The zero-order valence-corrected chi connectivity index (χ0v) is 14.4. The number of likely N-dealkylation sites (N-methyl/N-ethyl adjacent to an activating group) is 1. The van der Waals surface area contributed by atoms with E-state index in [0.717, 1.165) is 17.3 Å². The van der Waals surface area contributed by atoms with Gasteiger partial charge in [0.15, 0.2) is 17.5 Å². The molecule has 7 nitrogen and oxygen atoms in total. The Balaban J connectivity index is 1.88. The van der Waals surface area contributed by atoms with Crippen LogP contribution in [-0.2, 0) is 4.79 Å². The van der Waals surface area contributed by atoms with Crippen LogP contribution in [0.4, 0.5) is 10.2 Å². The molecule has 0 aliphatic carbocycles. The average molecular weight is 344 g/mol.